The van der Waals surface area contributed by atoms with Crippen molar-refractivity contribution in [3.8, 4) is 22.8 Å². The average molecular weight is 1210 g/mol. The van der Waals surface area contributed by atoms with Gasteiger partial charge in [0, 0.05) is 95.3 Å². The minimum atomic E-state index is 0.577. The summed E-state index contributed by atoms with van der Waals surface area (Å²) in [7, 11) is 0. The summed E-state index contributed by atoms with van der Waals surface area (Å²) < 4.78 is 20.5. The maximum absolute atomic E-state index is 6.34. The van der Waals surface area contributed by atoms with Crippen LogP contribution in [-0.4, -0.2) is 38.5 Å². The van der Waals surface area contributed by atoms with E-state index in [2.05, 4.69) is 216 Å². The summed E-state index contributed by atoms with van der Waals surface area (Å²) in [4.78, 5) is 22.2. The first-order valence-electron chi connectivity index (χ1n) is 27.6. The second-order valence-electron chi connectivity index (χ2n) is 20.9. The fourth-order valence-electron chi connectivity index (χ4n) is 12.4. The van der Waals surface area contributed by atoms with Crippen LogP contribution in [0.4, 0.5) is 0 Å². The molecule has 0 aliphatic rings. The van der Waals surface area contributed by atoms with Gasteiger partial charge in [0.05, 0.1) is 58.7 Å². The van der Waals surface area contributed by atoms with Crippen LogP contribution in [-0.2, 0) is 0 Å². The number of rotatable bonds is 3. The van der Waals surface area contributed by atoms with Gasteiger partial charge < -0.3 is 23.0 Å². The number of halogens is 2. The smallest absolute Gasteiger partial charge is 0.146 e. The summed E-state index contributed by atoms with van der Waals surface area (Å²) in [5.74, 6) is 0.873. The highest BCUT2D eigenvalue weighted by Crippen LogP contribution is 2.43. The van der Waals surface area contributed by atoms with Crippen molar-refractivity contribution in [1.82, 2.24) is 38.5 Å². The van der Waals surface area contributed by atoms with E-state index in [1.54, 1.807) is 6.20 Å². The summed E-state index contributed by atoms with van der Waals surface area (Å²) in [6, 6.07) is 82.1. The highest BCUT2D eigenvalue weighted by atomic mass is 127. The fourth-order valence-corrected chi connectivity index (χ4v) is 12.9. The predicted molar refractivity (Wildman–Crippen MR) is 352 cm³/mol. The third kappa shape index (κ3) is 7.62. The molecule has 0 saturated carbocycles. The summed E-state index contributed by atoms with van der Waals surface area (Å²) >= 11 is 7.72. The van der Waals surface area contributed by atoms with E-state index < -0.39 is 0 Å². The molecule has 0 saturated heterocycles. The van der Waals surface area contributed by atoms with Gasteiger partial charge in [-0.05, 0) is 138 Å². The zero-order chi connectivity index (χ0) is 55.6. The zero-order valence-corrected chi connectivity index (χ0v) is 47.3. The lowest BCUT2D eigenvalue weighted by atomic mass is 10.0. The Labute approximate surface area is 495 Å². The maximum Gasteiger partial charge on any atom is 0.146 e. The first-order chi connectivity index (χ1) is 41.5. The molecule has 0 bridgehead atoms. The van der Waals surface area contributed by atoms with Gasteiger partial charge in [-0.3, -0.25) is 9.38 Å². The average Bonchev–Trinajstić information content (AvgIpc) is 2.36. The third-order valence-electron chi connectivity index (χ3n) is 16.2. The van der Waals surface area contributed by atoms with E-state index in [4.69, 9.17) is 35.4 Å². The number of nitrogens with zero attached hydrogens (tertiary/aromatic N) is 7. The summed E-state index contributed by atoms with van der Waals surface area (Å²) in [6.07, 6.45) is 3.55. The first kappa shape index (κ1) is 48.4. The number of hydrogen-bond acceptors (Lipinski definition) is 6. The number of aromatic nitrogens is 8. The molecule has 0 amide bonds. The topological polar surface area (TPSA) is 108 Å². The molecular formula is C72H42ClIN8O2. The van der Waals surface area contributed by atoms with E-state index in [1.165, 1.54) is 21.5 Å². The van der Waals surface area contributed by atoms with Crippen LogP contribution in [0, 0.1) is 3.57 Å². The lowest BCUT2D eigenvalue weighted by Crippen LogP contribution is -1.95. The largest absolute Gasteiger partial charge is 0.456 e. The molecule has 0 fully saturated rings. The molecular weight excluding hydrogens is 1170 g/mol. The Kier molecular flexibility index (Phi) is 11.0. The van der Waals surface area contributed by atoms with E-state index in [-0.39, 0.29) is 0 Å². The van der Waals surface area contributed by atoms with Crippen LogP contribution in [0.2, 0.25) is 5.15 Å². The van der Waals surface area contributed by atoms with Gasteiger partial charge in [-0.1, -0.05) is 121 Å². The molecule has 396 valence electrons. The molecule has 9 aromatic heterocycles. The van der Waals surface area contributed by atoms with Crippen LogP contribution in [0.25, 0.3) is 160 Å². The lowest BCUT2D eigenvalue weighted by Gasteiger charge is -2.10. The van der Waals surface area contributed by atoms with Crippen LogP contribution in [0.3, 0.4) is 0 Å². The van der Waals surface area contributed by atoms with Crippen LogP contribution in [0.15, 0.2) is 258 Å². The van der Waals surface area contributed by atoms with Crippen molar-refractivity contribution >= 4 is 171 Å². The number of furan rings is 2. The molecule has 1 N–H and O–H groups in total. The lowest BCUT2D eigenvalue weighted by molar-refractivity contribution is 0.669. The number of aromatic amines is 1. The molecule has 10 aromatic carbocycles. The Balaban J connectivity index is 0.000000118. The Bertz CT molecular complexity index is 5800. The minimum absolute atomic E-state index is 0.577. The number of benzene rings is 10. The number of nitrogens with one attached hydrogen (secondary N) is 1. The van der Waals surface area contributed by atoms with Crippen molar-refractivity contribution < 1.29 is 8.83 Å². The Morgan fingerprint density at radius 3 is 1.58 bits per heavy atom. The minimum Gasteiger partial charge on any atom is -0.456 e. The zero-order valence-electron chi connectivity index (χ0n) is 44.4. The van der Waals surface area contributed by atoms with Crippen LogP contribution < -0.4 is 0 Å². The SMILES string of the molecule is Clc1ncccc1I.c1ccc(-n2c3cc(-c4nc5ccccc5[nH]4)ccc3c3cc4c(cc32)oc2ccccc24)cc1.c1ccc(-n2c3cc4oc5ccccc5c4cc3c3cc4c(cc32)c2nc3ccccc3n2c2cccnc42)cc1. The van der Waals surface area contributed by atoms with E-state index in [9.17, 15) is 0 Å². The van der Waals surface area contributed by atoms with Gasteiger partial charge in [0.25, 0.3) is 0 Å². The Morgan fingerprint density at radius 2 is 0.929 bits per heavy atom. The Morgan fingerprint density at radius 1 is 0.381 bits per heavy atom. The van der Waals surface area contributed by atoms with Crippen molar-refractivity contribution in [2.45, 2.75) is 0 Å². The van der Waals surface area contributed by atoms with E-state index in [0.717, 1.165) is 142 Å². The molecule has 19 aromatic rings. The molecule has 0 radical (unpaired) electrons. The first-order valence-corrected chi connectivity index (χ1v) is 29.0. The Hall–Kier alpha value is -10.3. The third-order valence-corrected chi connectivity index (χ3v) is 17.6. The van der Waals surface area contributed by atoms with Crippen molar-refractivity contribution in [3.05, 3.63) is 258 Å². The van der Waals surface area contributed by atoms with E-state index >= 15 is 0 Å². The van der Waals surface area contributed by atoms with Crippen molar-refractivity contribution in [2.75, 3.05) is 0 Å². The molecule has 10 nitrogen and oxygen atoms in total. The van der Waals surface area contributed by atoms with Gasteiger partial charge in [-0.25, -0.2) is 15.0 Å². The number of fused-ring (bicyclic) bond motifs is 21. The molecule has 0 unspecified atom stereocenters. The molecule has 12 heteroatoms. The van der Waals surface area contributed by atoms with Gasteiger partial charge in [-0.2, -0.15) is 0 Å². The van der Waals surface area contributed by atoms with Gasteiger partial charge >= 0.3 is 0 Å². The van der Waals surface area contributed by atoms with Crippen LogP contribution in [0.5, 0.6) is 0 Å². The molecule has 0 atom stereocenters. The summed E-state index contributed by atoms with van der Waals surface area (Å²) in [5.41, 5.74) is 18.4. The molecule has 19 rings (SSSR count). The van der Waals surface area contributed by atoms with Crippen molar-refractivity contribution in [3.63, 3.8) is 0 Å². The van der Waals surface area contributed by atoms with E-state index in [0.29, 0.717) is 5.15 Å². The molecule has 84 heavy (non-hydrogen) atoms. The fraction of sp³-hybridized carbons (Fsp3) is 0. The normalized spacial score (nSPS) is 11.9. The molecule has 9 heterocycles. The summed E-state index contributed by atoms with van der Waals surface area (Å²) in [5, 5.41) is 12.1. The molecule has 0 aliphatic carbocycles. The second-order valence-corrected chi connectivity index (χ2v) is 22.4. The van der Waals surface area contributed by atoms with Gasteiger partial charge in [-0.15, -0.1) is 0 Å². The standard InChI is InChI=1S/C36H20N4O.C31H19N3O.C5H3ClIN/c1-2-9-21(10-3-1)39-31-19-27-26(35-30(14-8-16-37-35)40-29-13-6-5-12-28(29)38-36(27)40)18-24(31)23-17-25-22-11-4-7-15-33(22)41-34(25)20-32(23)39;1-2-8-20(9-3-1)34-27-16-19(31-32-25-11-5-6-12-26(25)33-31)14-15-21(27)23-17-24-22-10-4-7-13-29(22)35-30(24)18-28(23)34;6-5-4(7)2-1-3-8-5/h1-20H;1-18H,(H,32,33);1-3H. The van der Waals surface area contributed by atoms with Crippen molar-refractivity contribution in [2.24, 2.45) is 0 Å². The highest BCUT2D eigenvalue weighted by Gasteiger charge is 2.22. The second kappa shape index (κ2) is 19.1. The number of H-pyrrole nitrogens is 1. The summed E-state index contributed by atoms with van der Waals surface area (Å²) in [6.45, 7) is 0. The monoisotopic (exact) mass is 1210 g/mol. The number of para-hydroxylation sites is 8. The predicted octanol–water partition coefficient (Wildman–Crippen LogP) is 19.8. The van der Waals surface area contributed by atoms with Crippen LogP contribution in [0.1, 0.15) is 0 Å². The highest BCUT2D eigenvalue weighted by molar-refractivity contribution is 14.1. The maximum atomic E-state index is 6.34. The number of hydrogen-bond donors (Lipinski definition) is 1. The molecule has 0 spiro atoms. The van der Waals surface area contributed by atoms with Gasteiger partial charge in [0.1, 0.15) is 39.0 Å². The quantitative estimate of drug-likeness (QED) is 0.107. The molecule has 0 aliphatic heterocycles. The van der Waals surface area contributed by atoms with Gasteiger partial charge in [0.2, 0.25) is 0 Å². The van der Waals surface area contributed by atoms with Crippen LogP contribution >= 0.6 is 34.2 Å². The van der Waals surface area contributed by atoms with Gasteiger partial charge in [0.15, 0.2) is 0 Å². The number of pyridine rings is 3. The van der Waals surface area contributed by atoms with Crippen molar-refractivity contribution in [1.29, 1.82) is 0 Å². The number of imidazole rings is 2. The van der Waals surface area contributed by atoms with E-state index in [1.807, 2.05) is 72.9 Å².